The van der Waals surface area contributed by atoms with Crippen molar-refractivity contribution in [1.82, 2.24) is 10.6 Å². The molecule has 0 radical (unpaired) electrons. The molecule has 21 heavy (non-hydrogen) atoms. The van der Waals surface area contributed by atoms with Crippen molar-refractivity contribution in [1.29, 1.82) is 0 Å². The Bertz CT molecular complexity index is 435. The van der Waals surface area contributed by atoms with E-state index in [9.17, 15) is 0 Å². The van der Waals surface area contributed by atoms with Crippen molar-refractivity contribution in [3.8, 4) is 0 Å². The zero-order valence-corrected chi connectivity index (χ0v) is 16.2. The van der Waals surface area contributed by atoms with Gasteiger partial charge in [0.25, 0.3) is 0 Å². The summed E-state index contributed by atoms with van der Waals surface area (Å²) >= 11 is 5.86. The van der Waals surface area contributed by atoms with Crippen molar-refractivity contribution in [3.05, 3.63) is 34.9 Å². The molecule has 0 amide bonds. The maximum absolute atomic E-state index is 5.86. The molecule has 0 atom stereocenters. The van der Waals surface area contributed by atoms with Crippen LogP contribution in [0.15, 0.2) is 29.3 Å². The van der Waals surface area contributed by atoms with Crippen molar-refractivity contribution < 1.29 is 4.74 Å². The van der Waals surface area contributed by atoms with E-state index in [4.69, 9.17) is 16.3 Å². The van der Waals surface area contributed by atoms with Crippen LogP contribution in [0.1, 0.15) is 19.4 Å². The van der Waals surface area contributed by atoms with Gasteiger partial charge >= 0.3 is 0 Å². The molecule has 0 heterocycles. The summed E-state index contributed by atoms with van der Waals surface area (Å²) < 4.78 is 5.36. The van der Waals surface area contributed by atoms with E-state index >= 15 is 0 Å². The topological polar surface area (TPSA) is 45.7 Å². The summed E-state index contributed by atoms with van der Waals surface area (Å²) in [5, 5.41) is 7.29. The van der Waals surface area contributed by atoms with Gasteiger partial charge in [-0.25, -0.2) is 0 Å². The van der Waals surface area contributed by atoms with Gasteiger partial charge in [0, 0.05) is 32.3 Å². The van der Waals surface area contributed by atoms with E-state index in [1.54, 1.807) is 14.2 Å². The molecule has 0 spiro atoms. The number of hydrogen-bond acceptors (Lipinski definition) is 2. The van der Waals surface area contributed by atoms with Crippen LogP contribution < -0.4 is 10.6 Å². The third-order valence-corrected chi connectivity index (χ3v) is 3.33. The fourth-order valence-corrected chi connectivity index (χ4v) is 1.69. The molecule has 1 aromatic rings. The van der Waals surface area contributed by atoms with E-state index in [2.05, 4.69) is 15.6 Å². The number of methoxy groups -OCH3 is 1. The first-order valence-corrected chi connectivity index (χ1v) is 7.09. The lowest BCUT2D eigenvalue weighted by molar-refractivity contribution is 0.0268. The van der Waals surface area contributed by atoms with Crippen molar-refractivity contribution in [2.75, 3.05) is 27.2 Å². The van der Waals surface area contributed by atoms with Crippen LogP contribution >= 0.6 is 35.6 Å². The lowest BCUT2D eigenvalue weighted by Crippen LogP contribution is -2.45. The summed E-state index contributed by atoms with van der Waals surface area (Å²) in [4.78, 5) is 4.19. The maximum Gasteiger partial charge on any atom is 0.191 e. The summed E-state index contributed by atoms with van der Waals surface area (Å²) in [6.45, 7) is 5.57. The van der Waals surface area contributed by atoms with Gasteiger partial charge in [-0.1, -0.05) is 23.7 Å². The number of nitrogens with zero attached hydrogens (tertiary/aromatic N) is 1. The molecule has 0 aliphatic carbocycles. The van der Waals surface area contributed by atoms with Gasteiger partial charge in [-0.15, -0.1) is 24.0 Å². The van der Waals surface area contributed by atoms with Crippen LogP contribution in [0, 0.1) is 0 Å². The summed E-state index contributed by atoms with van der Waals surface area (Å²) in [5.41, 5.74) is 1.03. The van der Waals surface area contributed by atoms with Gasteiger partial charge in [0.1, 0.15) is 0 Å². The molecular formula is C15H25ClIN3O. The van der Waals surface area contributed by atoms with E-state index < -0.39 is 0 Å². The monoisotopic (exact) mass is 425 g/mol. The van der Waals surface area contributed by atoms with Gasteiger partial charge in [0.05, 0.1) is 5.60 Å². The molecule has 6 heteroatoms. The van der Waals surface area contributed by atoms with Crippen LogP contribution in [0.5, 0.6) is 0 Å². The number of nitrogens with one attached hydrogen (secondary N) is 2. The summed E-state index contributed by atoms with van der Waals surface area (Å²) in [6.07, 6.45) is 0.922. The largest absolute Gasteiger partial charge is 0.377 e. The minimum Gasteiger partial charge on any atom is -0.377 e. The van der Waals surface area contributed by atoms with Crippen molar-refractivity contribution in [3.63, 3.8) is 0 Å². The Morgan fingerprint density at radius 3 is 2.38 bits per heavy atom. The van der Waals surface area contributed by atoms with Gasteiger partial charge in [0.2, 0.25) is 0 Å². The Labute approximate surface area is 149 Å². The molecule has 0 aliphatic heterocycles. The smallest absolute Gasteiger partial charge is 0.191 e. The van der Waals surface area contributed by atoms with E-state index in [0.29, 0.717) is 6.54 Å². The number of benzene rings is 1. The highest BCUT2D eigenvalue weighted by molar-refractivity contribution is 14.0. The van der Waals surface area contributed by atoms with Gasteiger partial charge in [0.15, 0.2) is 5.96 Å². The Morgan fingerprint density at radius 2 is 1.86 bits per heavy atom. The molecule has 4 nitrogen and oxygen atoms in total. The highest BCUT2D eigenvalue weighted by atomic mass is 127. The first-order valence-electron chi connectivity index (χ1n) is 6.71. The molecule has 120 valence electrons. The highest BCUT2D eigenvalue weighted by Gasteiger charge is 2.16. The van der Waals surface area contributed by atoms with Crippen LogP contribution in [-0.2, 0) is 11.2 Å². The van der Waals surface area contributed by atoms with Crippen LogP contribution in [0.4, 0.5) is 0 Å². The molecule has 0 aliphatic rings. The van der Waals surface area contributed by atoms with Crippen LogP contribution in [-0.4, -0.2) is 38.8 Å². The van der Waals surface area contributed by atoms with Crippen molar-refractivity contribution in [2.45, 2.75) is 25.9 Å². The lowest BCUT2D eigenvalue weighted by atomic mass is 10.1. The SMILES string of the molecule is CN=C(NCCc1ccc(Cl)cc1)NCC(C)(C)OC.I. The molecule has 0 bridgehead atoms. The minimum absolute atomic E-state index is 0. The minimum atomic E-state index is -0.214. The summed E-state index contributed by atoms with van der Waals surface area (Å²) in [6, 6.07) is 7.89. The van der Waals surface area contributed by atoms with E-state index in [1.807, 2.05) is 38.1 Å². The number of rotatable bonds is 6. The molecule has 0 saturated carbocycles. The number of aliphatic imine (C=N–C) groups is 1. The summed E-state index contributed by atoms with van der Waals surface area (Å²) in [5.74, 6) is 0.782. The Balaban J connectivity index is 0.00000400. The second kappa shape index (κ2) is 10.2. The second-order valence-electron chi connectivity index (χ2n) is 5.19. The van der Waals surface area contributed by atoms with Gasteiger partial charge in [-0.2, -0.15) is 0 Å². The second-order valence-corrected chi connectivity index (χ2v) is 5.63. The zero-order valence-electron chi connectivity index (χ0n) is 13.1. The Hall–Kier alpha value is -0.530. The zero-order chi connectivity index (χ0) is 15.0. The first kappa shape index (κ1) is 20.5. The van der Waals surface area contributed by atoms with Crippen LogP contribution in [0.2, 0.25) is 5.02 Å². The number of guanidine groups is 1. The standard InChI is InChI=1S/C15H24ClN3O.HI/c1-15(2,20-4)11-19-14(17-3)18-10-9-12-5-7-13(16)8-6-12;/h5-8H,9-11H2,1-4H3,(H2,17,18,19);1H. The predicted octanol–water partition coefficient (Wildman–Crippen LogP) is 3.09. The van der Waals surface area contributed by atoms with Gasteiger partial charge in [-0.05, 0) is 38.0 Å². The van der Waals surface area contributed by atoms with E-state index in [0.717, 1.165) is 23.9 Å². The van der Waals surface area contributed by atoms with Crippen molar-refractivity contribution >= 4 is 41.5 Å². The average molecular weight is 426 g/mol. The normalized spacial score (nSPS) is 11.8. The van der Waals surface area contributed by atoms with Gasteiger partial charge < -0.3 is 15.4 Å². The quantitative estimate of drug-likeness (QED) is 0.418. The number of ether oxygens (including phenoxy) is 1. The fourth-order valence-electron chi connectivity index (χ4n) is 1.57. The Kier molecular flexibility index (Phi) is 9.98. The molecule has 2 N–H and O–H groups in total. The molecule has 0 unspecified atom stereocenters. The fraction of sp³-hybridized carbons (Fsp3) is 0.533. The maximum atomic E-state index is 5.86. The van der Waals surface area contributed by atoms with Crippen LogP contribution in [0.3, 0.4) is 0 Å². The number of hydrogen-bond donors (Lipinski definition) is 2. The highest BCUT2D eigenvalue weighted by Crippen LogP contribution is 2.09. The predicted molar refractivity (Wildman–Crippen MR) is 101 cm³/mol. The van der Waals surface area contributed by atoms with E-state index in [-0.39, 0.29) is 29.6 Å². The third-order valence-electron chi connectivity index (χ3n) is 3.08. The molecule has 0 saturated heterocycles. The molecule has 0 aromatic heterocycles. The van der Waals surface area contributed by atoms with Crippen molar-refractivity contribution in [2.24, 2.45) is 4.99 Å². The first-order chi connectivity index (χ1) is 9.46. The molecule has 1 rings (SSSR count). The van der Waals surface area contributed by atoms with E-state index in [1.165, 1.54) is 5.56 Å². The lowest BCUT2D eigenvalue weighted by Gasteiger charge is -2.24. The Morgan fingerprint density at radius 1 is 1.24 bits per heavy atom. The third kappa shape index (κ3) is 8.48. The van der Waals surface area contributed by atoms with Gasteiger partial charge in [-0.3, -0.25) is 4.99 Å². The summed E-state index contributed by atoms with van der Waals surface area (Å²) in [7, 11) is 3.47. The average Bonchev–Trinajstić information content (AvgIpc) is 2.44. The molecule has 0 fully saturated rings. The van der Waals surface area contributed by atoms with Crippen LogP contribution in [0.25, 0.3) is 0 Å². The molecule has 1 aromatic carbocycles. The number of halogens is 2. The molecular weight excluding hydrogens is 401 g/mol.